The van der Waals surface area contributed by atoms with Crippen LogP contribution in [0.5, 0.6) is 23.0 Å². The maximum Gasteiger partial charge on any atom is 0.343 e. The minimum atomic E-state index is -0.547. The van der Waals surface area contributed by atoms with Gasteiger partial charge in [-0.05, 0) is 54.1 Å². The van der Waals surface area contributed by atoms with Gasteiger partial charge in [0.25, 0.3) is 5.91 Å². The highest BCUT2D eigenvalue weighted by Crippen LogP contribution is 2.33. The van der Waals surface area contributed by atoms with E-state index in [1.165, 1.54) is 12.3 Å². The van der Waals surface area contributed by atoms with Crippen molar-refractivity contribution in [3.63, 3.8) is 0 Å². The molecular weight excluding hydrogens is 471 g/mol. The Morgan fingerprint density at radius 3 is 2.73 bits per heavy atom. The third kappa shape index (κ3) is 5.94. The summed E-state index contributed by atoms with van der Waals surface area (Å²) in [5.74, 6) is 0.680. The Morgan fingerprint density at radius 2 is 1.88 bits per heavy atom. The normalized spacial score (nSPS) is 11.9. The number of ether oxygens (including phenoxy) is 4. The summed E-state index contributed by atoms with van der Waals surface area (Å²) < 4.78 is 21.3. The van der Waals surface area contributed by atoms with E-state index >= 15 is 0 Å². The van der Waals surface area contributed by atoms with Gasteiger partial charge in [0, 0.05) is 5.02 Å². The van der Waals surface area contributed by atoms with Gasteiger partial charge in [0.15, 0.2) is 18.1 Å². The van der Waals surface area contributed by atoms with Gasteiger partial charge in [-0.25, -0.2) is 10.2 Å². The van der Waals surface area contributed by atoms with Crippen molar-refractivity contribution in [3.8, 4) is 23.0 Å². The number of carbonyl (C=O) groups excluding carboxylic acids is 2. The molecule has 1 aliphatic heterocycles. The Bertz CT molecular complexity index is 1230. The first-order chi connectivity index (χ1) is 16.0. The van der Waals surface area contributed by atoms with Crippen molar-refractivity contribution in [2.45, 2.75) is 0 Å². The van der Waals surface area contributed by atoms with Gasteiger partial charge in [-0.15, -0.1) is 0 Å². The molecule has 0 saturated heterocycles. The maximum atomic E-state index is 12.4. The Morgan fingerprint density at radius 1 is 1.03 bits per heavy atom. The number of fused-ring (bicyclic) bond motifs is 1. The number of nitrogens with zero attached hydrogens (tertiary/aromatic N) is 1. The standard InChI is InChI=1S/C23H16Cl2N2O6/c24-16-5-7-19(18(25)10-16)30-12-22(28)27-26-11-14-2-1-3-17(8-14)33-23(29)15-4-6-20-21(9-15)32-13-31-20/h1-11H,12-13H2,(H,27,28)/b26-11-. The van der Waals surface area contributed by atoms with Crippen LogP contribution in [-0.4, -0.2) is 31.5 Å². The molecule has 0 aromatic heterocycles. The molecule has 3 aromatic carbocycles. The highest BCUT2D eigenvalue weighted by Gasteiger charge is 2.17. The SMILES string of the molecule is O=C(COc1ccc(Cl)cc1Cl)N/N=C\c1cccc(OC(=O)c2ccc3c(c2)OCO3)c1. The van der Waals surface area contributed by atoms with E-state index in [2.05, 4.69) is 10.5 Å². The van der Waals surface area contributed by atoms with Gasteiger partial charge in [-0.2, -0.15) is 5.10 Å². The molecule has 168 valence electrons. The summed E-state index contributed by atoms with van der Waals surface area (Å²) in [5.41, 5.74) is 3.27. The average molecular weight is 487 g/mol. The van der Waals surface area contributed by atoms with E-state index in [1.54, 1.807) is 54.6 Å². The van der Waals surface area contributed by atoms with Crippen LogP contribution >= 0.6 is 23.2 Å². The predicted molar refractivity (Wildman–Crippen MR) is 122 cm³/mol. The number of carbonyl (C=O) groups is 2. The molecule has 0 radical (unpaired) electrons. The molecule has 1 N–H and O–H groups in total. The lowest BCUT2D eigenvalue weighted by atomic mass is 10.2. The van der Waals surface area contributed by atoms with Crippen molar-refractivity contribution in [2.75, 3.05) is 13.4 Å². The monoisotopic (exact) mass is 486 g/mol. The maximum absolute atomic E-state index is 12.4. The zero-order valence-electron chi connectivity index (χ0n) is 16.9. The topological polar surface area (TPSA) is 95.5 Å². The molecule has 0 atom stereocenters. The third-order valence-electron chi connectivity index (χ3n) is 4.33. The van der Waals surface area contributed by atoms with Crippen molar-refractivity contribution in [1.29, 1.82) is 0 Å². The van der Waals surface area contributed by atoms with Crippen LogP contribution in [0.1, 0.15) is 15.9 Å². The molecule has 0 aliphatic carbocycles. The lowest BCUT2D eigenvalue weighted by molar-refractivity contribution is -0.123. The number of esters is 1. The molecular formula is C23H16Cl2N2O6. The molecule has 0 unspecified atom stereocenters. The molecule has 1 heterocycles. The van der Waals surface area contributed by atoms with E-state index in [-0.39, 0.29) is 13.4 Å². The minimum absolute atomic E-state index is 0.118. The summed E-state index contributed by atoms with van der Waals surface area (Å²) in [6.07, 6.45) is 1.41. The van der Waals surface area contributed by atoms with Crippen LogP contribution in [0.2, 0.25) is 10.0 Å². The van der Waals surface area contributed by atoms with Gasteiger partial charge in [0.2, 0.25) is 6.79 Å². The molecule has 0 saturated carbocycles. The molecule has 0 spiro atoms. The predicted octanol–water partition coefficient (Wildman–Crippen LogP) is 4.47. The van der Waals surface area contributed by atoms with Crippen LogP contribution in [0.4, 0.5) is 0 Å². The zero-order chi connectivity index (χ0) is 23.2. The lowest BCUT2D eigenvalue weighted by Crippen LogP contribution is -2.24. The Kier molecular flexibility index (Phi) is 6.97. The van der Waals surface area contributed by atoms with Crippen LogP contribution < -0.4 is 24.4 Å². The molecule has 1 amide bonds. The van der Waals surface area contributed by atoms with Crippen LogP contribution in [0, 0.1) is 0 Å². The number of benzene rings is 3. The fourth-order valence-electron chi connectivity index (χ4n) is 2.79. The fourth-order valence-corrected chi connectivity index (χ4v) is 3.26. The quantitative estimate of drug-likeness (QED) is 0.229. The van der Waals surface area contributed by atoms with Crippen LogP contribution in [0.15, 0.2) is 65.8 Å². The highest BCUT2D eigenvalue weighted by atomic mass is 35.5. The minimum Gasteiger partial charge on any atom is -0.482 e. The zero-order valence-corrected chi connectivity index (χ0v) is 18.4. The molecule has 0 fully saturated rings. The second-order valence-corrected chi connectivity index (χ2v) is 7.53. The summed E-state index contributed by atoms with van der Waals surface area (Å²) in [6, 6.07) is 16.1. The van der Waals surface area contributed by atoms with Crippen molar-refractivity contribution < 1.29 is 28.5 Å². The van der Waals surface area contributed by atoms with Gasteiger partial charge in [-0.3, -0.25) is 4.79 Å². The Hall–Kier alpha value is -3.75. The van der Waals surface area contributed by atoms with E-state index in [4.69, 9.17) is 42.1 Å². The van der Waals surface area contributed by atoms with E-state index in [0.717, 1.165) is 0 Å². The molecule has 8 nitrogen and oxygen atoms in total. The van der Waals surface area contributed by atoms with Gasteiger partial charge in [0.1, 0.15) is 11.5 Å². The second kappa shape index (κ2) is 10.2. The van der Waals surface area contributed by atoms with Gasteiger partial charge in [-0.1, -0.05) is 35.3 Å². The number of hydrazone groups is 1. The van der Waals surface area contributed by atoms with Gasteiger partial charge >= 0.3 is 5.97 Å². The number of halogens is 2. The van der Waals surface area contributed by atoms with E-state index in [9.17, 15) is 9.59 Å². The van der Waals surface area contributed by atoms with E-state index in [0.29, 0.717) is 44.2 Å². The first kappa shape index (κ1) is 22.4. The highest BCUT2D eigenvalue weighted by molar-refractivity contribution is 6.35. The summed E-state index contributed by atoms with van der Waals surface area (Å²) in [7, 11) is 0. The Labute approximate surface area is 198 Å². The molecule has 33 heavy (non-hydrogen) atoms. The van der Waals surface area contributed by atoms with Crippen molar-refractivity contribution in [1.82, 2.24) is 5.43 Å². The van der Waals surface area contributed by atoms with Crippen molar-refractivity contribution in [3.05, 3.63) is 81.8 Å². The molecule has 1 aliphatic rings. The largest absolute Gasteiger partial charge is 0.482 e. The second-order valence-electron chi connectivity index (χ2n) is 6.69. The van der Waals surface area contributed by atoms with Crippen molar-refractivity contribution >= 4 is 41.3 Å². The van der Waals surface area contributed by atoms with Gasteiger partial charge in [0.05, 0.1) is 16.8 Å². The van der Waals surface area contributed by atoms with E-state index < -0.39 is 11.9 Å². The first-order valence-electron chi connectivity index (χ1n) is 9.59. The van der Waals surface area contributed by atoms with Crippen molar-refractivity contribution in [2.24, 2.45) is 5.10 Å². The summed E-state index contributed by atoms with van der Waals surface area (Å²) in [6.45, 7) is -0.168. The smallest absolute Gasteiger partial charge is 0.343 e. The summed E-state index contributed by atoms with van der Waals surface area (Å²) in [4.78, 5) is 24.3. The lowest BCUT2D eigenvalue weighted by Gasteiger charge is -2.07. The number of hydrogen-bond acceptors (Lipinski definition) is 7. The number of rotatable bonds is 7. The van der Waals surface area contributed by atoms with E-state index in [1.807, 2.05) is 0 Å². The first-order valence-corrected chi connectivity index (χ1v) is 10.4. The summed E-state index contributed by atoms with van der Waals surface area (Å²) in [5, 5.41) is 4.64. The summed E-state index contributed by atoms with van der Waals surface area (Å²) >= 11 is 11.8. The number of amides is 1. The average Bonchev–Trinajstić information content (AvgIpc) is 3.27. The Balaban J connectivity index is 1.30. The van der Waals surface area contributed by atoms with Crippen LogP contribution in [-0.2, 0) is 4.79 Å². The molecule has 4 rings (SSSR count). The third-order valence-corrected chi connectivity index (χ3v) is 4.86. The van der Waals surface area contributed by atoms with Crippen LogP contribution in [0.3, 0.4) is 0 Å². The molecule has 0 bridgehead atoms. The molecule has 10 heteroatoms. The fraction of sp³-hybridized carbons (Fsp3) is 0.0870. The number of nitrogens with one attached hydrogen (secondary N) is 1. The van der Waals surface area contributed by atoms with Crippen LogP contribution in [0.25, 0.3) is 0 Å². The molecule has 3 aromatic rings. The van der Waals surface area contributed by atoms with Gasteiger partial charge < -0.3 is 18.9 Å². The number of hydrogen-bond donors (Lipinski definition) is 1.